The quantitative estimate of drug-likeness (QED) is 0.360. The molecule has 0 aliphatic carbocycles. The van der Waals surface area contributed by atoms with E-state index >= 15 is 0 Å². The van der Waals surface area contributed by atoms with Crippen molar-refractivity contribution in [2.45, 2.75) is 19.4 Å². The fraction of sp³-hybridized carbons (Fsp3) is 1.00. The zero-order valence-electron chi connectivity index (χ0n) is 9.47. The molecule has 0 bridgehead atoms. The third-order valence-electron chi connectivity index (χ3n) is 2.79. The van der Waals surface area contributed by atoms with Crippen molar-refractivity contribution in [2.75, 3.05) is 46.0 Å². The SMILES string of the molecule is CCC(O)C[N+](CCO)(CCO)CCO. The Hall–Kier alpha value is -0.200. The number of aliphatic hydroxyl groups excluding tert-OH is 4. The van der Waals surface area contributed by atoms with Crippen LogP contribution in [0.4, 0.5) is 0 Å². The fourth-order valence-electron chi connectivity index (χ4n) is 1.82. The molecular formula is C10H24NO4+. The molecular weight excluding hydrogens is 198 g/mol. The molecule has 92 valence electrons. The van der Waals surface area contributed by atoms with E-state index in [0.717, 1.165) is 0 Å². The summed E-state index contributed by atoms with van der Waals surface area (Å²) in [7, 11) is 0. The molecule has 0 aromatic rings. The van der Waals surface area contributed by atoms with Gasteiger partial charge >= 0.3 is 0 Å². The largest absolute Gasteiger partial charge is 0.391 e. The van der Waals surface area contributed by atoms with Gasteiger partial charge in [0, 0.05) is 0 Å². The maximum absolute atomic E-state index is 9.61. The zero-order valence-corrected chi connectivity index (χ0v) is 9.47. The summed E-state index contributed by atoms with van der Waals surface area (Å²) in [6.07, 6.45) is 0.192. The standard InChI is InChI=1S/C10H24NO4/c1-2-10(15)9-11(3-6-12,4-7-13)5-8-14/h10,12-15H,2-9H2,1H3/q+1. The topological polar surface area (TPSA) is 80.9 Å². The molecule has 5 heteroatoms. The van der Waals surface area contributed by atoms with E-state index in [-0.39, 0.29) is 19.8 Å². The number of quaternary nitrogens is 1. The van der Waals surface area contributed by atoms with Crippen LogP contribution in [0, 0.1) is 0 Å². The van der Waals surface area contributed by atoms with E-state index in [2.05, 4.69) is 0 Å². The van der Waals surface area contributed by atoms with Crippen molar-refractivity contribution in [2.24, 2.45) is 0 Å². The van der Waals surface area contributed by atoms with Gasteiger partial charge in [-0.25, -0.2) is 0 Å². The van der Waals surface area contributed by atoms with Crippen molar-refractivity contribution in [3.05, 3.63) is 0 Å². The lowest BCUT2D eigenvalue weighted by Crippen LogP contribution is -2.56. The second-order valence-electron chi connectivity index (χ2n) is 3.93. The molecule has 0 amide bonds. The average Bonchev–Trinajstić information content (AvgIpc) is 2.18. The van der Waals surface area contributed by atoms with Gasteiger partial charge in [-0.15, -0.1) is 0 Å². The maximum atomic E-state index is 9.61. The van der Waals surface area contributed by atoms with Crippen molar-refractivity contribution in [3.8, 4) is 0 Å². The summed E-state index contributed by atoms with van der Waals surface area (Å²) in [5.41, 5.74) is 0. The lowest BCUT2D eigenvalue weighted by molar-refractivity contribution is -0.931. The Labute approximate surface area is 91.2 Å². The van der Waals surface area contributed by atoms with E-state index in [1.165, 1.54) is 0 Å². The van der Waals surface area contributed by atoms with E-state index in [1.807, 2.05) is 6.92 Å². The molecule has 0 heterocycles. The highest BCUT2D eigenvalue weighted by atomic mass is 16.3. The lowest BCUT2D eigenvalue weighted by Gasteiger charge is -2.38. The van der Waals surface area contributed by atoms with Crippen LogP contribution in [0.25, 0.3) is 0 Å². The molecule has 0 aliphatic rings. The molecule has 5 nitrogen and oxygen atoms in total. The highest BCUT2D eigenvalue weighted by Crippen LogP contribution is 2.09. The molecule has 0 aromatic heterocycles. The maximum Gasteiger partial charge on any atom is 0.105 e. The molecule has 4 N–H and O–H groups in total. The Morgan fingerprint density at radius 1 is 0.933 bits per heavy atom. The summed E-state index contributed by atoms with van der Waals surface area (Å²) < 4.78 is 0.374. The van der Waals surface area contributed by atoms with Crippen molar-refractivity contribution < 1.29 is 24.9 Å². The smallest absolute Gasteiger partial charge is 0.105 e. The highest BCUT2D eigenvalue weighted by molar-refractivity contribution is 4.54. The molecule has 0 rings (SSSR count). The normalized spacial score (nSPS) is 14.2. The third-order valence-corrected chi connectivity index (χ3v) is 2.79. The lowest BCUT2D eigenvalue weighted by atomic mass is 10.2. The number of nitrogens with zero attached hydrogens (tertiary/aromatic N) is 1. The summed E-state index contributed by atoms with van der Waals surface area (Å²) in [6.45, 7) is 3.71. The van der Waals surface area contributed by atoms with Crippen LogP contribution in [-0.2, 0) is 0 Å². The van der Waals surface area contributed by atoms with Crippen molar-refractivity contribution in [1.29, 1.82) is 0 Å². The first-order valence-electron chi connectivity index (χ1n) is 5.50. The molecule has 0 saturated heterocycles. The van der Waals surface area contributed by atoms with Gasteiger partial charge in [0.05, 0.1) is 19.8 Å². The van der Waals surface area contributed by atoms with Gasteiger partial charge in [0.25, 0.3) is 0 Å². The van der Waals surface area contributed by atoms with Crippen LogP contribution in [0.3, 0.4) is 0 Å². The number of aliphatic hydroxyl groups is 4. The van der Waals surface area contributed by atoms with Gasteiger partial charge in [0.2, 0.25) is 0 Å². The summed E-state index contributed by atoms with van der Waals surface area (Å²) >= 11 is 0. The van der Waals surface area contributed by atoms with Gasteiger partial charge in [-0.1, -0.05) is 6.92 Å². The van der Waals surface area contributed by atoms with Crippen molar-refractivity contribution in [3.63, 3.8) is 0 Å². The summed E-state index contributed by atoms with van der Waals surface area (Å²) in [5, 5.41) is 36.6. The zero-order chi connectivity index (χ0) is 11.7. The Balaban J connectivity index is 4.44. The van der Waals surface area contributed by atoms with Gasteiger partial charge in [0.1, 0.15) is 32.3 Å². The average molecular weight is 222 g/mol. The fourth-order valence-corrected chi connectivity index (χ4v) is 1.82. The number of hydrogen-bond donors (Lipinski definition) is 4. The molecule has 1 atom stereocenters. The van der Waals surface area contributed by atoms with Gasteiger partial charge < -0.3 is 24.9 Å². The van der Waals surface area contributed by atoms with Crippen LogP contribution < -0.4 is 0 Å². The molecule has 0 saturated carbocycles. The Morgan fingerprint density at radius 3 is 1.60 bits per heavy atom. The number of hydrogen-bond acceptors (Lipinski definition) is 4. The first-order chi connectivity index (χ1) is 7.14. The van der Waals surface area contributed by atoms with Crippen LogP contribution in [0.1, 0.15) is 13.3 Å². The number of rotatable bonds is 9. The molecule has 0 spiro atoms. The predicted molar refractivity (Wildman–Crippen MR) is 57.3 cm³/mol. The van der Waals surface area contributed by atoms with Gasteiger partial charge in [-0.3, -0.25) is 0 Å². The van der Waals surface area contributed by atoms with E-state index in [1.54, 1.807) is 0 Å². The van der Waals surface area contributed by atoms with Crippen LogP contribution in [-0.4, -0.2) is 77.0 Å². The molecule has 1 unspecified atom stereocenters. The monoisotopic (exact) mass is 222 g/mol. The Bertz CT molecular complexity index is 137. The summed E-state index contributed by atoms with van der Waals surface area (Å²) in [5.74, 6) is 0. The van der Waals surface area contributed by atoms with E-state index in [9.17, 15) is 5.11 Å². The third kappa shape index (κ3) is 5.44. The first-order valence-corrected chi connectivity index (χ1v) is 5.50. The second kappa shape index (κ2) is 8.01. The minimum absolute atomic E-state index is 0.00354. The Morgan fingerprint density at radius 2 is 1.33 bits per heavy atom. The molecule has 0 aromatic carbocycles. The predicted octanol–water partition coefficient (Wildman–Crippen LogP) is -1.45. The summed E-state index contributed by atoms with van der Waals surface area (Å²) in [4.78, 5) is 0. The van der Waals surface area contributed by atoms with E-state index in [0.29, 0.717) is 37.1 Å². The first kappa shape index (κ1) is 14.8. The molecule has 0 fully saturated rings. The van der Waals surface area contributed by atoms with E-state index in [4.69, 9.17) is 15.3 Å². The van der Waals surface area contributed by atoms with Crippen LogP contribution in [0.5, 0.6) is 0 Å². The van der Waals surface area contributed by atoms with Crippen LogP contribution in [0.2, 0.25) is 0 Å². The Kier molecular flexibility index (Phi) is 7.90. The van der Waals surface area contributed by atoms with Crippen molar-refractivity contribution >= 4 is 0 Å². The molecule has 0 aliphatic heterocycles. The molecule has 15 heavy (non-hydrogen) atoms. The molecule has 0 radical (unpaired) electrons. The van der Waals surface area contributed by atoms with Gasteiger partial charge in [0.15, 0.2) is 0 Å². The van der Waals surface area contributed by atoms with Crippen LogP contribution >= 0.6 is 0 Å². The summed E-state index contributed by atoms with van der Waals surface area (Å²) in [6, 6.07) is 0. The van der Waals surface area contributed by atoms with Gasteiger partial charge in [-0.05, 0) is 6.42 Å². The van der Waals surface area contributed by atoms with Gasteiger partial charge in [-0.2, -0.15) is 0 Å². The minimum Gasteiger partial charge on any atom is -0.391 e. The minimum atomic E-state index is -0.449. The highest BCUT2D eigenvalue weighted by Gasteiger charge is 2.28. The second-order valence-corrected chi connectivity index (χ2v) is 3.93. The van der Waals surface area contributed by atoms with Crippen molar-refractivity contribution in [1.82, 2.24) is 0 Å². The van der Waals surface area contributed by atoms with E-state index < -0.39 is 6.10 Å². The van der Waals surface area contributed by atoms with Crippen LogP contribution in [0.15, 0.2) is 0 Å².